The molecule has 0 aliphatic carbocycles. The molecule has 0 aromatic heterocycles. The second-order valence-electron chi connectivity index (χ2n) is 5.98. The third kappa shape index (κ3) is 6.45. The Morgan fingerprint density at radius 2 is 1.50 bits per heavy atom. The van der Waals surface area contributed by atoms with Gasteiger partial charge in [0.05, 0.1) is 4.90 Å². The molecule has 2 rings (SSSR count). The standard InChI is InChI=1S/C19H23N3O5S/c1-14(23)21-16-6-4-15(5-7-16)19(24)22-17-8-10-18(11-9-17)28(25,26)20-12-3-13-27-2/h4-11,20H,3,12-13H2,1-2H3,(H,21,23)(H,22,24). The van der Waals surface area contributed by atoms with Gasteiger partial charge >= 0.3 is 0 Å². The van der Waals surface area contributed by atoms with Gasteiger partial charge in [-0.2, -0.15) is 0 Å². The number of hydrogen-bond donors (Lipinski definition) is 3. The van der Waals surface area contributed by atoms with Crippen molar-refractivity contribution in [1.29, 1.82) is 0 Å². The van der Waals surface area contributed by atoms with E-state index in [9.17, 15) is 18.0 Å². The Bertz CT molecular complexity index is 910. The highest BCUT2D eigenvalue weighted by Gasteiger charge is 2.13. The summed E-state index contributed by atoms with van der Waals surface area (Å²) >= 11 is 0. The quantitative estimate of drug-likeness (QED) is 0.554. The predicted molar refractivity (Wildman–Crippen MR) is 107 cm³/mol. The van der Waals surface area contributed by atoms with Crippen molar-refractivity contribution in [2.45, 2.75) is 18.2 Å². The Hall–Kier alpha value is -2.75. The average molecular weight is 405 g/mol. The fourth-order valence-electron chi connectivity index (χ4n) is 2.34. The number of benzene rings is 2. The van der Waals surface area contributed by atoms with Gasteiger partial charge in [0.15, 0.2) is 0 Å². The normalized spacial score (nSPS) is 11.1. The highest BCUT2D eigenvalue weighted by molar-refractivity contribution is 7.89. The minimum Gasteiger partial charge on any atom is -0.385 e. The van der Waals surface area contributed by atoms with E-state index < -0.39 is 10.0 Å². The molecule has 0 aliphatic rings. The fourth-order valence-corrected chi connectivity index (χ4v) is 3.41. The Morgan fingerprint density at radius 3 is 2.07 bits per heavy atom. The zero-order chi connectivity index (χ0) is 20.6. The van der Waals surface area contributed by atoms with Crippen LogP contribution in [0.2, 0.25) is 0 Å². The maximum Gasteiger partial charge on any atom is 0.255 e. The van der Waals surface area contributed by atoms with Gasteiger partial charge in [-0.1, -0.05) is 0 Å². The molecule has 0 radical (unpaired) electrons. The molecule has 0 unspecified atom stereocenters. The minimum absolute atomic E-state index is 0.113. The van der Waals surface area contributed by atoms with Crippen molar-refractivity contribution >= 4 is 33.2 Å². The monoisotopic (exact) mass is 405 g/mol. The van der Waals surface area contributed by atoms with Crippen molar-refractivity contribution in [1.82, 2.24) is 4.72 Å². The summed E-state index contributed by atoms with van der Waals surface area (Å²) in [5, 5.41) is 5.32. The number of ether oxygens (including phenoxy) is 1. The van der Waals surface area contributed by atoms with Crippen LogP contribution in [0.25, 0.3) is 0 Å². The summed E-state index contributed by atoms with van der Waals surface area (Å²) in [7, 11) is -2.05. The van der Waals surface area contributed by atoms with Crippen LogP contribution in [0.4, 0.5) is 11.4 Å². The molecule has 0 spiro atoms. The second kappa shape index (κ2) is 9.98. The largest absolute Gasteiger partial charge is 0.385 e. The fraction of sp³-hybridized carbons (Fsp3) is 0.263. The van der Waals surface area contributed by atoms with Crippen molar-refractivity contribution in [2.75, 3.05) is 30.9 Å². The lowest BCUT2D eigenvalue weighted by Gasteiger charge is -2.09. The van der Waals surface area contributed by atoms with Crippen LogP contribution in [0.3, 0.4) is 0 Å². The molecule has 8 nitrogen and oxygen atoms in total. The van der Waals surface area contributed by atoms with Gasteiger partial charge in [-0.15, -0.1) is 0 Å². The van der Waals surface area contributed by atoms with Gasteiger partial charge in [-0.25, -0.2) is 13.1 Å². The van der Waals surface area contributed by atoms with E-state index in [1.807, 2.05) is 0 Å². The van der Waals surface area contributed by atoms with Crippen molar-refractivity contribution < 1.29 is 22.7 Å². The van der Waals surface area contributed by atoms with Crippen molar-refractivity contribution in [3.05, 3.63) is 54.1 Å². The van der Waals surface area contributed by atoms with Crippen LogP contribution in [0.5, 0.6) is 0 Å². The molecule has 0 saturated heterocycles. The SMILES string of the molecule is COCCCNS(=O)(=O)c1ccc(NC(=O)c2ccc(NC(C)=O)cc2)cc1. The topological polar surface area (TPSA) is 114 Å². The molecule has 2 aromatic carbocycles. The maximum absolute atomic E-state index is 12.3. The molecule has 0 aliphatic heterocycles. The second-order valence-corrected chi connectivity index (χ2v) is 7.75. The smallest absolute Gasteiger partial charge is 0.255 e. The first-order chi connectivity index (χ1) is 13.3. The molecule has 2 aromatic rings. The molecule has 9 heteroatoms. The number of nitrogens with one attached hydrogen (secondary N) is 3. The van der Waals surface area contributed by atoms with Crippen molar-refractivity contribution in [3.63, 3.8) is 0 Å². The first-order valence-electron chi connectivity index (χ1n) is 8.59. The summed E-state index contributed by atoms with van der Waals surface area (Å²) in [6.07, 6.45) is 0.574. The molecular formula is C19H23N3O5S. The van der Waals surface area contributed by atoms with Crippen LogP contribution in [0, 0.1) is 0 Å². The third-order valence-electron chi connectivity index (χ3n) is 3.71. The zero-order valence-corrected chi connectivity index (χ0v) is 16.5. The number of anilines is 2. The lowest BCUT2D eigenvalue weighted by molar-refractivity contribution is -0.114. The van der Waals surface area contributed by atoms with E-state index in [1.165, 1.54) is 31.2 Å². The summed E-state index contributed by atoms with van der Waals surface area (Å²) in [6, 6.07) is 12.3. The summed E-state index contributed by atoms with van der Waals surface area (Å²) in [5.41, 5.74) is 1.47. The van der Waals surface area contributed by atoms with Gasteiger partial charge < -0.3 is 15.4 Å². The highest BCUT2D eigenvalue weighted by atomic mass is 32.2. The molecule has 0 saturated carbocycles. The Balaban J connectivity index is 1.97. The Labute approximate surface area is 164 Å². The number of methoxy groups -OCH3 is 1. The Morgan fingerprint density at radius 1 is 0.929 bits per heavy atom. The minimum atomic E-state index is -3.61. The van der Waals surface area contributed by atoms with Gasteiger partial charge in [0.1, 0.15) is 0 Å². The maximum atomic E-state index is 12.3. The van der Waals surface area contributed by atoms with Crippen LogP contribution in [0.15, 0.2) is 53.4 Å². The number of hydrogen-bond acceptors (Lipinski definition) is 5. The molecule has 3 N–H and O–H groups in total. The summed E-state index contributed by atoms with van der Waals surface area (Å²) < 4.78 is 31.7. The van der Waals surface area contributed by atoms with Crippen LogP contribution >= 0.6 is 0 Å². The summed E-state index contributed by atoms with van der Waals surface area (Å²) in [4.78, 5) is 23.4. The number of amides is 2. The summed E-state index contributed by atoms with van der Waals surface area (Å²) in [6.45, 7) is 2.15. The lowest BCUT2D eigenvalue weighted by Crippen LogP contribution is -2.25. The number of rotatable bonds is 9. The molecule has 28 heavy (non-hydrogen) atoms. The summed E-state index contributed by atoms with van der Waals surface area (Å²) in [5.74, 6) is -0.539. The molecule has 150 valence electrons. The van der Waals surface area contributed by atoms with Crippen LogP contribution in [-0.2, 0) is 19.6 Å². The lowest BCUT2D eigenvalue weighted by atomic mass is 10.2. The highest BCUT2D eigenvalue weighted by Crippen LogP contribution is 2.16. The van der Waals surface area contributed by atoms with E-state index in [-0.39, 0.29) is 23.3 Å². The van der Waals surface area contributed by atoms with Gasteiger partial charge in [-0.05, 0) is 55.0 Å². The van der Waals surface area contributed by atoms with E-state index in [0.29, 0.717) is 30.0 Å². The number of carbonyl (C=O) groups excluding carboxylic acids is 2. The van der Waals surface area contributed by atoms with E-state index in [4.69, 9.17) is 4.74 Å². The van der Waals surface area contributed by atoms with Gasteiger partial charge in [0.25, 0.3) is 5.91 Å². The average Bonchev–Trinajstić information content (AvgIpc) is 2.66. The zero-order valence-electron chi connectivity index (χ0n) is 15.7. The van der Waals surface area contributed by atoms with Crippen molar-refractivity contribution in [2.24, 2.45) is 0 Å². The Kier molecular flexibility index (Phi) is 7.68. The van der Waals surface area contributed by atoms with Crippen LogP contribution < -0.4 is 15.4 Å². The molecule has 2 amide bonds. The number of sulfonamides is 1. The third-order valence-corrected chi connectivity index (χ3v) is 5.18. The molecule has 0 heterocycles. The first-order valence-corrected chi connectivity index (χ1v) is 10.1. The van der Waals surface area contributed by atoms with E-state index in [2.05, 4.69) is 15.4 Å². The van der Waals surface area contributed by atoms with Gasteiger partial charge in [0.2, 0.25) is 15.9 Å². The van der Waals surface area contributed by atoms with Gasteiger partial charge in [-0.3, -0.25) is 9.59 Å². The van der Waals surface area contributed by atoms with Crippen LogP contribution in [0.1, 0.15) is 23.7 Å². The van der Waals surface area contributed by atoms with E-state index in [1.54, 1.807) is 31.4 Å². The molecular weight excluding hydrogens is 382 g/mol. The van der Waals surface area contributed by atoms with E-state index >= 15 is 0 Å². The van der Waals surface area contributed by atoms with Crippen molar-refractivity contribution in [3.8, 4) is 0 Å². The van der Waals surface area contributed by atoms with Gasteiger partial charge in [0, 0.05) is 44.1 Å². The number of carbonyl (C=O) groups is 2. The van der Waals surface area contributed by atoms with Crippen LogP contribution in [-0.4, -0.2) is 40.5 Å². The first kappa shape index (κ1) is 21.5. The molecule has 0 bridgehead atoms. The van der Waals surface area contributed by atoms with E-state index in [0.717, 1.165) is 0 Å². The molecule has 0 atom stereocenters. The predicted octanol–water partition coefficient (Wildman–Crippen LogP) is 2.21. The molecule has 0 fully saturated rings.